The molecule has 2 unspecified atom stereocenters. The molecule has 0 saturated carbocycles. The molecular weight excluding hydrogens is 695 g/mol. The molecule has 2 atom stereocenters. The fraction of sp³-hybridized carbons (Fsp3) is 0.111. The molecule has 2 aromatic heterocycles. The summed E-state index contributed by atoms with van der Waals surface area (Å²) in [4.78, 5) is 0. The lowest BCUT2D eigenvalue weighted by Gasteiger charge is -2.19. The standard InChI is InChI=1S/C52H37NS.C2H6/c1-4-12-34(13-5-1)37-20-22-38(23-21-37)40-27-29-49-46(31-40)50-45(42-25-24-36-16-10-11-17-39(36)30-42)33-48-51(52(50)54-49)44-28-26-41(35-14-6-2-7-15-35)32-47(44)53(48)43-18-8-3-9-19-43;1-2/h1-18,20-26,28-33,40,43H,19,27H2;1-2H3. The summed E-state index contributed by atoms with van der Waals surface area (Å²) < 4.78 is 5.41. The van der Waals surface area contributed by atoms with Crippen molar-refractivity contribution in [3.8, 4) is 33.4 Å². The summed E-state index contributed by atoms with van der Waals surface area (Å²) in [6.07, 6.45) is 16.1. The Morgan fingerprint density at radius 3 is 1.98 bits per heavy atom. The van der Waals surface area contributed by atoms with E-state index >= 15 is 0 Å². The quantitative estimate of drug-likeness (QED) is 0.166. The van der Waals surface area contributed by atoms with Crippen LogP contribution in [-0.4, -0.2) is 4.57 Å². The van der Waals surface area contributed by atoms with Gasteiger partial charge in [-0.1, -0.05) is 184 Å². The molecule has 0 N–H and O–H groups in total. The zero-order chi connectivity index (χ0) is 37.6. The maximum atomic E-state index is 2.63. The number of hydrogen-bond acceptors (Lipinski definition) is 1. The van der Waals surface area contributed by atoms with Gasteiger partial charge in [-0.25, -0.2) is 0 Å². The van der Waals surface area contributed by atoms with E-state index in [2.05, 4.69) is 193 Å². The van der Waals surface area contributed by atoms with E-state index in [4.69, 9.17) is 0 Å². The Bertz CT molecular complexity index is 3090. The minimum absolute atomic E-state index is 0.235. The first kappa shape index (κ1) is 34.3. The third kappa shape index (κ3) is 5.84. The summed E-state index contributed by atoms with van der Waals surface area (Å²) in [6, 6.07) is 56.4. The van der Waals surface area contributed by atoms with E-state index in [1.54, 1.807) is 0 Å². The molecule has 0 fully saturated rings. The van der Waals surface area contributed by atoms with E-state index in [0.29, 0.717) is 5.92 Å². The molecule has 56 heavy (non-hydrogen) atoms. The van der Waals surface area contributed by atoms with Crippen molar-refractivity contribution >= 4 is 66.2 Å². The lowest BCUT2D eigenvalue weighted by molar-refractivity contribution is 0.648. The molecule has 11 rings (SSSR count). The first-order chi connectivity index (χ1) is 27.8. The maximum Gasteiger partial charge on any atom is 0.0560 e. The van der Waals surface area contributed by atoms with Gasteiger partial charge in [0.05, 0.1) is 17.1 Å². The van der Waals surface area contributed by atoms with Gasteiger partial charge >= 0.3 is 0 Å². The van der Waals surface area contributed by atoms with Crippen molar-refractivity contribution < 1.29 is 0 Å². The van der Waals surface area contributed by atoms with Gasteiger partial charge in [0.2, 0.25) is 0 Å². The molecule has 2 heterocycles. The fourth-order valence-electron chi connectivity index (χ4n) is 8.94. The summed E-state index contributed by atoms with van der Waals surface area (Å²) in [6.45, 7) is 4.00. The minimum Gasteiger partial charge on any atom is -0.333 e. The Balaban J connectivity index is 0.00000189. The molecule has 9 aromatic rings. The summed E-state index contributed by atoms with van der Waals surface area (Å²) in [5.41, 5.74) is 11.6. The van der Waals surface area contributed by atoms with E-state index in [1.165, 1.54) is 91.4 Å². The van der Waals surface area contributed by atoms with Gasteiger partial charge in [0.25, 0.3) is 0 Å². The molecule has 1 nitrogen and oxygen atoms in total. The Hall–Kier alpha value is -6.22. The second kappa shape index (κ2) is 14.5. The summed E-state index contributed by atoms with van der Waals surface area (Å²) in [7, 11) is 0. The number of aromatic nitrogens is 1. The van der Waals surface area contributed by atoms with Crippen LogP contribution in [0.3, 0.4) is 0 Å². The van der Waals surface area contributed by atoms with Crippen molar-refractivity contribution in [3.05, 3.63) is 191 Å². The Morgan fingerprint density at radius 1 is 0.554 bits per heavy atom. The van der Waals surface area contributed by atoms with Crippen LogP contribution in [0.1, 0.15) is 44.2 Å². The molecule has 0 saturated heterocycles. The van der Waals surface area contributed by atoms with E-state index in [9.17, 15) is 0 Å². The first-order valence-electron chi connectivity index (χ1n) is 20.1. The molecule has 0 aliphatic heterocycles. The Morgan fingerprint density at radius 2 is 1.23 bits per heavy atom. The van der Waals surface area contributed by atoms with E-state index < -0.39 is 0 Å². The fourth-order valence-corrected chi connectivity index (χ4v) is 10.3. The molecule has 2 aliphatic carbocycles. The zero-order valence-electron chi connectivity index (χ0n) is 31.8. The highest BCUT2D eigenvalue weighted by Crippen LogP contribution is 2.44. The summed E-state index contributed by atoms with van der Waals surface area (Å²) >= 11 is 1.98. The van der Waals surface area contributed by atoms with Crippen LogP contribution in [0.4, 0.5) is 0 Å². The molecule has 0 radical (unpaired) electrons. The van der Waals surface area contributed by atoms with Crippen LogP contribution in [0.2, 0.25) is 0 Å². The highest BCUT2D eigenvalue weighted by molar-refractivity contribution is 7.18. The average Bonchev–Trinajstić information content (AvgIpc) is 3.83. The van der Waals surface area contributed by atoms with Crippen LogP contribution in [-0.2, 0) is 0 Å². The smallest absolute Gasteiger partial charge is 0.0560 e. The number of nitrogens with zero attached hydrogens (tertiary/aromatic N) is 1. The van der Waals surface area contributed by atoms with Gasteiger partial charge in [0, 0.05) is 31.3 Å². The molecule has 2 aliphatic rings. The molecule has 7 aromatic carbocycles. The minimum atomic E-state index is 0.235. The predicted molar refractivity (Wildman–Crippen MR) is 244 cm³/mol. The van der Waals surface area contributed by atoms with Crippen LogP contribution >= 0.6 is 11.3 Å². The van der Waals surface area contributed by atoms with Crippen molar-refractivity contribution in [2.75, 3.05) is 0 Å². The first-order valence-corrected chi connectivity index (χ1v) is 20.9. The largest absolute Gasteiger partial charge is 0.333 e. The number of hydrogen-bond donors (Lipinski definition) is 0. The van der Waals surface area contributed by atoms with Crippen LogP contribution in [0, 0.1) is 0 Å². The van der Waals surface area contributed by atoms with Gasteiger partial charge in [0.15, 0.2) is 0 Å². The lowest BCUT2D eigenvalue weighted by Crippen LogP contribution is -2.24. The molecule has 270 valence electrons. The maximum absolute atomic E-state index is 2.63. The molecule has 0 bridgehead atoms. The predicted octanol–water partition coefficient (Wildman–Crippen LogP) is 14.0. The number of fused-ring (bicyclic) bond motifs is 8. The van der Waals surface area contributed by atoms with Gasteiger partial charge in [-0.15, -0.1) is 11.3 Å². The third-order valence-electron chi connectivity index (χ3n) is 11.6. The molecule has 2 heteroatoms. The topological polar surface area (TPSA) is 4.93 Å². The molecule has 0 spiro atoms. The highest BCUT2D eigenvalue weighted by atomic mass is 32.1. The van der Waals surface area contributed by atoms with Crippen molar-refractivity contribution in [2.24, 2.45) is 0 Å². The van der Waals surface area contributed by atoms with Gasteiger partial charge in [-0.2, -0.15) is 0 Å². The van der Waals surface area contributed by atoms with Gasteiger partial charge in [-0.3, -0.25) is 0 Å². The van der Waals surface area contributed by atoms with Gasteiger partial charge < -0.3 is 4.57 Å². The van der Waals surface area contributed by atoms with Crippen LogP contribution < -0.4 is 9.75 Å². The van der Waals surface area contributed by atoms with Crippen molar-refractivity contribution in [3.63, 3.8) is 0 Å². The van der Waals surface area contributed by atoms with Crippen LogP contribution in [0.15, 0.2) is 176 Å². The van der Waals surface area contributed by atoms with E-state index in [-0.39, 0.29) is 6.04 Å². The molecular formula is C54H43NS. The van der Waals surface area contributed by atoms with Crippen LogP contribution in [0.25, 0.3) is 88.2 Å². The summed E-state index contributed by atoms with van der Waals surface area (Å²) in [5, 5.41) is 8.00. The van der Waals surface area contributed by atoms with Crippen molar-refractivity contribution in [1.82, 2.24) is 4.57 Å². The van der Waals surface area contributed by atoms with E-state index in [0.717, 1.165) is 12.8 Å². The van der Waals surface area contributed by atoms with Gasteiger partial charge in [-0.05, 0) is 86.0 Å². The molecule has 0 amide bonds. The van der Waals surface area contributed by atoms with Crippen molar-refractivity contribution in [2.45, 2.75) is 38.6 Å². The summed E-state index contributed by atoms with van der Waals surface area (Å²) in [5.74, 6) is 0.314. The number of rotatable bonds is 5. The number of thiophene rings is 1. The second-order valence-electron chi connectivity index (χ2n) is 14.7. The van der Waals surface area contributed by atoms with E-state index in [1.807, 2.05) is 25.2 Å². The average molecular weight is 738 g/mol. The zero-order valence-corrected chi connectivity index (χ0v) is 32.6. The van der Waals surface area contributed by atoms with Gasteiger partial charge in [0.1, 0.15) is 0 Å². The second-order valence-corrected chi connectivity index (χ2v) is 15.8. The number of benzene rings is 7. The van der Waals surface area contributed by atoms with Crippen LogP contribution in [0.5, 0.6) is 0 Å². The Labute approximate surface area is 332 Å². The monoisotopic (exact) mass is 737 g/mol. The highest BCUT2D eigenvalue weighted by Gasteiger charge is 2.24. The van der Waals surface area contributed by atoms with Crippen molar-refractivity contribution in [1.29, 1.82) is 0 Å². The lowest BCUT2D eigenvalue weighted by atomic mass is 9.89. The normalized spacial score (nSPS) is 16.0. The third-order valence-corrected chi connectivity index (χ3v) is 12.8. The number of allylic oxidation sites excluding steroid dienone is 4. The Kier molecular flexibility index (Phi) is 8.85. The SMILES string of the molecule is C1=CCC(n2c3cc(-c4ccccc4)ccc3c3c4sc5c(c4c(-c4ccc6ccccc6c4)cc32)=CC(c2ccc(-c3ccccc3)cc2)CC=5)C=C1.CC.